The van der Waals surface area contributed by atoms with E-state index in [0.717, 1.165) is 18.6 Å². The SMILES string of the molecule is CCCCCC1(C)C[C@H](N)c2cc(C)ccc2O1. The Balaban J connectivity index is 2.14. The van der Waals surface area contributed by atoms with E-state index in [9.17, 15) is 0 Å². The number of benzene rings is 1. The topological polar surface area (TPSA) is 35.2 Å². The van der Waals surface area contributed by atoms with Gasteiger partial charge in [-0.2, -0.15) is 0 Å². The van der Waals surface area contributed by atoms with Crippen LogP contribution in [0.2, 0.25) is 0 Å². The molecule has 1 aromatic carbocycles. The molecule has 18 heavy (non-hydrogen) atoms. The molecule has 1 aliphatic rings. The maximum absolute atomic E-state index is 6.32. The number of rotatable bonds is 4. The van der Waals surface area contributed by atoms with Gasteiger partial charge in [-0.15, -0.1) is 0 Å². The summed E-state index contributed by atoms with van der Waals surface area (Å²) in [5.41, 5.74) is 8.65. The van der Waals surface area contributed by atoms with E-state index in [1.807, 2.05) is 0 Å². The van der Waals surface area contributed by atoms with Crippen LogP contribution in [-0.2, 0) is 0 Å². The van der Waals surface area contributed by atoms with E-state index in [0.29, 0.717) is 0 Å². The fourth-order valence-corrected chi connectivity index (χ4v) is 2.83. The minimum atomic E-state index is -0.0865. The fourth-order valence-electron chi connectivity index (χ4n) is 2.83. The molecule has 0 saturated carbocycles. The lowest BCUT2D eigenvalue weighted by Crippen LogP contribution is -2.40. The average Bonchev–Trinajstić information content (AvgIpc) is 2.31. The monoisotopic (exact) mass is 247 g/mol. The fraction of sp³-hybridized carbons (Fsp3) is 0.625. The van der Waals surface area contributed by atoms with Gasteiger partial charge in [0, 0.05) is 18.0 Å². The highest BCUT2D eigenvalue weighted by molar-refractivity contribution is 5.41. The van der Waals surface area contributed by atoms with E-state index in [1.165, 1.54) is 30.4 Å². The van der Waals surface area contributed by atoms with Crippen LogP contribution in [0.25, 0.3) is 0 Å². The molecule has 0 radical (unpaired) electrons. The minimum Gasteiger partial charge on any atom is -0.487 e. The number of fused-ring (bicyclic) bond motifs is 1. The van der Waals surface area contributed by atoms with Crippen molar-refractivity contribution in [1.82, 2.24) is 0 Å². The van der Waals surface area contributed by atoms with Crippen molar-refractivity contribution in [3.63, 3.8) is 0 Å². The molecule has 2 N–H and O–H groups in total. The number of nitrogens with two attached hydrogens (primary N) is 1. The highest BCUT2D eigenvalue weighted by Crippen LogP contribution is 2.40. The number of hydrogen-bond acceptors (Lipinski definition) is 2. The Morgan fingerprint density at radius 1 is 1.39 bits per heavy atom. The van der Waals surface area contributed by atoms with Gasteiger partial charge >= 0.3 is 0 Å². The zero-order valence-electron chi connectivity index (χ0n) is 11.8. The van der Waals surface area contributed by atoms with Crippen LogP contribution in [0, 0.1) is 6.92 Å². The Morgan fingerprint density at radius 3 is 2.89 bits per heavy atom. The van der Waals surface area contributed by atoms with Crippen molar-refractivity contribution in [3.05, 3.63) is 29.3 Å². The molecule has 1 unspecified atom stereocenters. The lowest BCUT2D eigenvalue weighted by atomic mass is 9.85. The third-order valence-electron chi connectivity index (χ3n) is 3.88. The second-order valence-corrected chi connectivity index (χ2v) is 5.86. The quantitative estimate of drug-likeness (QED) is 0.812. The molecule has 0 spiro atoms. The molecular formula is C16H25NO. The third kappa shape index (κ3) is 2.86. The molecule has 1 heterocycles. The van der Waals surface area contributed by atoms with Gasteiger partial charge in [-0.05, 0) is 32.8 Å². The highest BCUT2D eigenvalue weighted by atomic mass is 16.5. The molecular weight excluding hydrogens is 222 g/mol. The van der Waals surface area contributed by atoms with E-state index < -0.39 is 0 Å². The summed E-state index contributed by atoms with van der Waals surface area (Å²) in [6.45, 7) is 6.53. The van der Waals surface area contributed by atoms with Crippen LogP contribution in [0.15, 0.2) is 18.2 Å². The molecule has 0 bridgehead atoms. The Bertz CT molecular complexity index is 416. The van der Waals surface area contributed by atoms with Crippen LogP contribution in [0.5, 0.6) is 5.75 Å². The standard InChI is InChI=1S/C16H25NO/c1-4-5-6-9-16(3)11-14(17)13-10-12(2)7-8-15(13)18-16/h7-8,10,14H,4-6,9,11,17H2,1-3H3/t14-,16?/m0/s1. The summed E-state index contributed by atoms with van der Waals surface area (Å²) in [5, 5.41) is 0. The van der Waals surface area contributed by atoms with Gasteiger partial charge < -0.3 is 10.5 Å². The lowest BCUT2D eigenvalue weighted by Gasteiger charge is -2.39. The van der Waals surface area contributed by atoms with Gasteiger partial charge in [-0.3, -0.25) is 0 Å². The van der Waals surface area contributed by atoms with E-state index in [2.05, 4.69) is 39.0 Å². The summed E-state index contributed by atoms with van der Waals surface area (Å²) in [6, 6.07) is 6.44. The van der Waals surface area contributed by atoms with Crippen molar-refractivity contribution in [1.29, 1.82) is 0 Å². The van der Waals surface area contributed by atoms with Crippen molar-refractivity contribution in [2.24, 2.45) is 5.73 Å². The van der Waals surface area contributed by atoms with Crippen molar-refractivity contribution in [2.75, 3.05) is 0 Å². The molecule has 1 aromatic rings. The van der Waals surface area contributed by atoms with E-state index in [4.69, 9.17) is 10.5 Å². The molecule has 100 valence electrons. The highest BCUT2D eigenvalue weighted by Gasteiger charge is 2.35. The van der Waals surface area contributed by atoms with Crippen LogP contribution in [0.1, 0.15) is 63.1 Å². The van der Waals surface area contributed by atoms with Crippen LogP contribution < -0.4 is 10.5 Å². The molecule has 0 aliphatic carbocycles. The number of unbranched alkanes of at least 4 members (excludes halogenated alkanes) is 2. The normalized spacial score (nSPS) is 26.6. The minimum absolute atomic E-state index is 0.0865. The molecule has 0 amide bonds. The maximum atomic E-state index is 6.32. The zero-order chi connectivity index (χ0) is 13.2. The van der Waals surface area contributed by atoms with Crippen molar-refractivity contribution >= 4 is 0 Å². The number of aryl methyl sites for hydroxylation is 1. The van der Waals surface area contributed by atoms with Gasteiger partial charge in [-0.25, -0.2) is 0 Å². The maximum Gasteiger partial charge on any atom is 0.124 e. The first-order valence-corrected chi connectivity index (χ1v) is 7.09. The lowest BCUT2D eigenvalue weighted by molar-refractivity contribution is 0.0431. The van der Waals surface area contributed by atoms with Crippen molar-refractivity contribution in [3.8, 4) is 5.75 Å². The average molecular weight is 247 g/mol. The largest absolute Gasteiger partial charge is 0.487 e. The summed E-state index contributed by atoms with van der Waals surface area (Å²) in [5.74, 6) is 0.985. The molecule has 2 rings (SSSR count). The Kier molecular flexibility index (Phi) is 3.96. The first kappa shape index (κ1) is 13.4. The number of hydrogen-bond donors (Lipinski definition) is 1. The van der Waals surface area contributed by atoms with Crippen LogP contribution in [0.4, 0.5) is 0 Å². The van der Waals surface area contributed by atoms with Gasteiger partial charge in [-0.1, -0.05) is 37.5 Å². The van der Waals surface area contributed by atoms with Gasteiger partial charge in [0.2, 0.25) is 0 Å². The van der Waals surface area contributed by atoms with Gasteiger partial charge in [0.15, 0.2) is 0 Å². The molecule has 0 saturated heterocycles. The van der Waals surface area contributed by atoms with E-state index in [1.54, 1.807) is 0 Å². The van der Waals surface area contributed by atoms with E-state index >= 15 is 0 Å². The molecule has 2 nitrogen and oxygen atoms in total. The van der Waals surface area contributed by atoms with Crippen LogP contribution in [-0.4, -0.2) is 5.60 Å². The van der Waals surface area contributed by atoms with E-state index in [-0.39, 0.29) is 11.6 Å². The molecule has 2 atom stereocenters. The van der Waals surface area contributed by atoms with Crippen LogP contribution in [0.3, 0.4) is 0 Å². The van der Waals surface area contributed by atoms with Crippen LogP contribution >= 0.6 is 0 Å². The second-order valence-electron chi connectivity index (χ2n) is 5.86. The summed E-state index contributed by atoms with van der Waals surface area (Å²) in [4.78, 5) is 0. The first-order valence-electron chi connectivity index (χ1n) is 7.09. The third-order valence-corrected chi connectivity index (χ3v) is 3.88. The number of ether oxygens (including phenoxy) is 1. The molecule has 1 aliphatic heterocycles. The Labute approximate surface area is 111 Å². The summed E-state index contributed by atoms with van der Waals surface area (Å²) in [7, 11) is 0. The van der Waals surface area contributed by atoms with Crippen molar-refractivity contribution < 1.29 is 4.74 Å². The molecule has 0 fully saturated rings. The summed E-state index contributed by atoms with van der Waals surface area (Å²) < 4.78 is 6.21. The summed E-state index contributed by atoms with van der Waals surface area (Å²) >= 11 is 0. The van der Waals surface area contributed by atoms with Gasteiger partial charge in [0.25, 0.3) is 0 Å². The molecule has 2 heteroatoms. The Hall–Kier alpha value is -1.02. The van der Waals surface area contributed by atoms with Gasteiger partial charge in [0.1, 0.15) is 11.4 Å². The molecule has 0 aromatic heterocycles. The summed E-state index contributed by atoms with van der Waals surface area (Å²) in [6.07, 6.45) is 5.77. The predicted octanol–water partition coefficient (Wildman–Crippen LogP) is 4.12. The first-order chi connectivity index (χ1) is 8.54. The predicted molar refractivity (Wildman–Crippen MR) is 75.9 cm³/mol. The second kappa shape index (κ2) is 5.31. The Morgan fingerprint density at radius 2 is 2.17 bits per heavy atom. The van der Waals surface area contributed by atoms with Crippen molar-refractivity contribution in [2.45, 2.75) is 64.5 Å². The zero-order valence-corrected chi connectivity index (χ0v) is 11.8. The van der Waals surface area contributed by atoms with Gasteiger partial charge in [0.05, 0.1) is 0 Å². The smallest absolute Gasteiger partial charge is 0.124 e.